The van der Waals surface area contributed by atoms with Crippen molar-refractivity contribution < 1.29 is 22.5 Å². The lowest BCUT2D eigenvalue weighted by atomic mass is 10.0. The van der Waals surface area contributed by atoms with Gasteiger partial charge < -0.3 is 14.2 Å². The number of carbonyl (C=O) groups excluding carboxylic acids is 1. The molecule has 170 valence electrons. The minimum Gasteiger partial charge on any atom is -0.481 e. The van der Waals surface area contributed by atoms with Crippen molar-refractivity contribution in [2.24, 2.45) is 0 Å². The molecule has 1 unspecified atom stereocenters. The van der Waals surface area contributed by atoms with E-state index in [9.17, 15) is 13.2 Å². The normalized spacial score (nSPS) is 16.5. The summed E-state index contributed by atoms with van der Waals surface area (Å²) in [5.74, 6) is 1.12. The second kappa shape index (κ2) is 9.00. The second-order valence-electron chi connectivity index (χ2n) is 8.34. The zero-order valence-corrected chi connectivity index (χ0v) is 19.8. The molecule has 1 aliphatic rings. The van der Waals surface area contributed by atoms with E-state index in [2.05, 4.69) is 19.0 Å². The van der Waals surface area contributed by atoms with E-state index in [1.54, 1.807) is 25.7 Å². The highest BCUT2D eigenvalue weighted by Gasteiger charge is 2.35. The standard InChI is InChI=1S/C22H31N3O5S/c1-14(2)19-8-7-15(3)13-20(19)29-18(6)22(26)24-9-11-25(12-10-24)31(27,28)21-16(4)23-30-17(21)5/h7-8,13-14,18H,9-12H2,1-6H3. The number of nitrogens with zero attached hydrogens (tertiary/aromatic N) is 3. The Kier molecular flexibility index (Phi) is 6.76. The molecular weight excluding hydrogens is 418 g/mol. The van der Waals surface area contributed by atoms with Gasteiger partial charge in [-0.2, -0.15) is 4.31 Å². The number of carbonyl (C=O) groups is 1. The molecule has 9 heteroatoms. The number of aryl methyl sites for hydroxylation is 3. The van der Waals surface area contributed by atoms with Crippen molar-refractivity contribution in [2.45, 2.75) is 58.5 Å². The molecule has 0 bridgehead atoms. The highest BCUT2D eigenvalue weighted by molar-refractivity contribution is 7.89. The molecule has 1 fully saturated rings. The molecule has 0 spiro atoms. The minimum absolute atomic E-state index is 0.115. The number of rotatable bonds is 6. The van der Waals surface area contributed by atoms with Crippen molar-refractivity contribution in [3.63, 3.8) is 0 Å². The van der Waals surface area contributed by atoms with Crippen LogP contribution in [0, 0.1) is 20.8 Å². The summed E-state index contributed by atoms with van der Waals surface area (Å²) in [5.41, 5.74) is 2.47. The smallest absolute Gasteiger partial charge is 0.263 e. The van der Waals surface area contributed by atoms with Crippen molar-refractivity contribution in [3.8, 4) is 5.75 Å². The van der Waals surface area contributed by atoms with Gasteiger partial charge in [0.1, 0.15) is 16.3 Å². The average Bonchev–Trinajstić information content (AvgIpc) is 3.06. The van der Waals surface area contributed by atoms with Crippen LogP contribution in [0.1, 0.15) is 49.3 Å². The van der Waals surface area contributed by atoms with E-state index >= 15 is 0 Å². The first-order chi connectivity index (χ1) is 14.5. The van der Waals surface area contributed by atoms with Crippen LogP contribution < -0.4 is 4.74 Å². The van der Waals surface area contributed by atoms with E-state index in [-0.39, 0.29) is 35.6 Å². The van der Waals surface area contributed by atoms with E-state index in [1.165, 1.54) is 4.31 Å². The Labute approximate surface area is 184 Å². The molecule has 31 heavy (non-hydrogen) atoms. The number of hydrogen-bond acceptors (Lipinski definition) is 6. The van der Waals surface area contributed by atoms with Gasteiger partial charge >= 0.3 is 0 Å². The summed E-state index contributed by atoms with van der Waals surface area (Å²) in [6.07, 6.45) is -0.662. The topological polar surface area (TPSA) is 93.0 Å². The van der Waals surface area contributed by atoms with Gasteiger partial charge in [-0.25, -0.2) is 8.42 Å². The fourth-order valence-electron chi connectivity index (χ4n) is 3.84. The lowest BCUT2D eigenvalue weighted by Gasteiger charge is -2.35. The Balaban J connectivity index is 1.66. The highest BCUT2D eigenvalue weighted by Crippen LogP contribution is 2.29. The SMILES string of the molecule is Cc1ccc(C(C)C)c(OC(C)C(=O)N2CCN(S(=O)(=O)c3c(C)noc3C)CC2)c1. The Hall–Kier alpha value is -2.39. The summed E-state index contributed by atoms with van der Waals surface area (Å²) in [7, 11) is -3.71. The molecule has 0 saturated carbocycles. The Morgan fingerprint density at radius 2 is 1.74 bits per heavy atom. The van der Waals surface area contributed by atoms with E-state index in [4.69, 9.17) is 9.26 Å². The highest BCUT2D eigenvalue weighted by atomic mass is 32.2. The first-order valence-corrected chi connectivity index (χ1v) is 12.0. The van der Waals surface area contributed by atoms with Crippen LogP contribution in [0.5, 0.6) is 5.75 Å². The van der Waals surface area contributed by atoms with Gasteiger partial charge in [0.25, 0.3) is 5.91 Å². The first kappa shape index (κ1) is 23.3. The van der Waals surface area contributed by atoms with E-state index in [0.29, 0.717) is 18.8 Å². The molecule has 1 atom stereocenters. The van der Waals surface area contributed by atoms with Crippen LogP contribution >= 0.6 is 0 Å². The molecular formula is C22H31N3O5S. The number of sulfonamides is 1. The van der Waals surface area contributed by atoms with E-state index < -0.39 is 16.1 Å². The summed E-state index contributed by atoms with van der Waals surface area (Å²) in [6.45, 7) is 12.1. The largest absolute Gasteiger partial charge is 0.481 e. The number of amides is 1. The van der Waals surface area contributed by atoms with Crippen molar-refractivity contribution >= 4 is 15.9 Å². The van der Waals surface area contributed by atoms with Crippen LogP contribution in [0.15, 0.2) is 27.6 Å². The van der Waals surface area contributed by atoms with Gasteiger partial charge in [-0.15, -0.1) is 0 Å². The Bertz CT molecular complexity index is 1030. The lowest BCUT2D eigenvalue weighted by molar-refractivity contribution is -0.139. The average molecular weight is 450 g/mol. The molecule has 0 N–H and O–H groups in total. The van der Waals surface area contributed by atoms with Crippen LogP contribution in [0.4, 0.5) is 0 Å². The molecule has 2 aromatic rings. The predicted molar refractivity (Wildman–Crippen MR) is 117 cm³/mol. The summed E-state index contributed by atoms with van der Waals surface area (Å²) in [5, 5.41) is 3.75. The molecule has 1 amide bonds. The summed E-state index contributed by atoms with van der Waals surface area (Å²) >= 11 is 0. The Morgan fingerprint density at radius 3 is 2.29 bits per heavy atom. The third-order valence-corrected chi connectivity index (χ3v) is 7.70. The number of hydrogen-bond donors (Lipinski definition) is 0. The molecule has 2 heterocycles. The molecule has 1 aromatic carbocycles. The van der Waals surface area contributed by atoms with Crippen molar-refractivity contribution in [3.05, 3.63) is 40.8 Å². The monoisotopic (exact) mass is 449 g/mol. The second-order valence-corrected chi connectivity index (χ2v) is 10.2. The predicted octanol–water partition coefficient (Wildman–Crippen LogP) is 3.02. The van der Waals surface area contributed by atoms with Crippen LogP contribution in [-0.4, -0.2) is 61.0 Å². The quantitative estimate of drug-likeness (QED) is 0.673. The zero-order chi connectivity index (χ0) is 22.9. The Morgan fingerprint density at radius 1 is 1.10 bits per heavy atom. The number of piperazine rings is 1. The number of aromatic nitrogens is 1. The van der Waals surface area contributed by atoms with E-state index in [1.807, 2.05) is 25.1 Å². The minimum atomic E-state index is -3.71. The summed E-state index contributed by atoms with van der Waals surface area (Å²) in [6, 6.07) is 6.02. The molecule has 1 aromatic heterocycles. The van der Waals surface area contributed by atoms with Gasteiger partial charge in [-0.05, 0) is 50.8 Å². The van der Waals surface area contributed by atoms with Gasteiger partial charge in [0.2, 0.25) is 10.0 Å². The molecule has 1 aliphatic heterocycles. The van der Waals surface area contributed by atoms with Crippen LogP contribution in [-0.2, 0) is 14.8 Å². The van der Waals surface area contributed by atoms with Gasteiger partial charge in [-0.3, -0.25) is 4.79 Å². The zero-order valence-electron chi connectivity index (χ0n) is 19.0. The maximum atomic E-state index is 13.0. The third kappa shape index (κ3) is 4.77. The van der Waals surface area contributed by atoms with Crippen molar-refractivity contribution in [2.75, 3.05) is 26.2 Å². The molecule has 1 saturated heterocycles. The number of benzene rings is 1. The lowest BCUT2D eigenvalue weighted by Crippen LogP contribution is -2.53. The molecule has 8 nitrogen and oxygen atoms in total. The fraction of sp³-hybridized carbons (Fsp3) is 0.545. The maximum Gasteiger partial charge on any atom is 0.263 e. The molecule has 0 radical (unpaired) electrons. The molecule has 3 rings (SSSR count). The van der Waals surface area contributed by atoms with Crippen LogP contribution in [0.3, 0.4) is 0 Å². The molecule has 0 aliphatic carbocycles. The van der Waals surface area contributed by atoms with Gasteiger partial charge in [0.15, 0.2) is 11.9 Å². The third-order valence-electron chi connectivity index (χ3n) is 5.56. The maximum absolute atomic E-state index is 13.0. The summed E-state index contributed by atoms with van der Waals surface area (Å²) in [4.78, 5) is 14.7. The fourth-order valence-corrected chi connectivity index (χ4v) is 5.55. The van der Waals surface area contributed by atoms with Crippen LogP contribution in [0.2, 0.25) is 0 Å². The number of ether oxygens (including phenoxy) is 1. The van der Waals surface area contributed by atoms with Crippen LogP contribution in [0.25, 0.3) is 0 Å². The van der Waals surface area contributed by atoms with Crippen molar-refractivity contribution in [1.82, 2.24) is 14.4 Å². The van der Waals surface area contributed by atoms with Gasteiger partial charge in [0, 0.05) is 26.2 Å². The van der Waals surface area contributed by atoms with Crippen molar-refractivity contribution in [1.29, 1.82) is 0 Å². The van der Waals surface area contributed by atoms with Gasteiger partial charge in [0.05, 0.1) is 0 Å². The van der Waals surface area contributed by atoms with Gasteiger partial charge in [-0.1, -0.05) is 31.1 Å². The first-order valence-electron chi connectivity index (χ1n) is 10.5. The van der Waals surface area contributed by atoms with E-state index in [0.717, 1.165) is 16.9 Å². The summed E-state index contributed by atoms with van der Waals surface area (Å²) < 4.78 is 38.4.